The molecule has 1 N–H and O–H groups in total. The van der Waals surface area contributed by atoms with Crippen LogP contribution >= 0.6 is 0 Å². The van der Waals surface area contributed by atoms with Gasteiger partial charge in [0.05, 0.1) is 12.6 Å². The first-order valence-corrected chi connectivity index (χ1v) is 6.59. The Morgan fingerprint density at radius 3 is 3.28 bits per heavy atom. The summed E-state index contributed by atoms with van der Waals surface area (Å²) >= 11 is 0. The fourth-order valence-electron chi connectivity index (χ4n) is 2.72. The summed E-state index contributed by atoms with van der Waals surface area (Å²) in [7, 11) is 0. The van der Waals surface area contributed by atoms with E-state index in [1.165, 1.54) is 12.1 Å². The quantitative estimate of drug-likeness (QED) is 0.899. The number of nitrogens with zero attached hydrogens (tertiary/aromatic N) is 2. The zero-order valence-corrected chi connectivity index (χ0v) is 10.7. The summed E-state index contributed by atoms with van der Waals surface area (Å²) in [5.74, 6) is 1.64. The Morgan fingerprint density at radius 1 is 1.61 bits per heavy atom. The van der Waals surface area contributed by atoms with Crippen molar-refractivity contribution >= 4 is 0 Å². The van der Waals surface area contributed by atoms with Gasteiger partial charge in [-0.05, 0) is 32.0 Å². The van der Waals surface area contributed by atoms with Crippen molar-refractivity contribution in [2.75, 3.05) is 13.1 Å². The average Bonchev–Trinajstić information content (AvgIpc) is 3.11. The highest BCUT2D eigenvalue weighted by molar-refractivity contribution is 5.11. The molecule has 3 heterocycles. The van der Waals surface area contributed by atoms with Crippen LogP contribution < -0.4 is 5.32 Å². The van der Waals surface area contributed by atoms with Gasteiger partial charge in [0.1, 0.15) is 5.76 Å². The second-order valence-corrected chi connectivity index (χ2v) is 5.05. The zero-order chi connectivity index (χ0) is 12.4. The molecule has 96 valence electrons. The molecule has 1 saturated heterocycles. The van der Waals surface area contributed by atoms with Crippen molar-refractivity contribution in [3.05, 3.63) is 42.4 Å². The number of imidazole rings is 1. The highest BCUT2D eigenvalue weighted by Gasteiger charge is 2.22. The third-order valence-corrected chi connectivity index (χ3v) is 3.73. The van der Waals surface area contributed by atoms with E-state index in [2.05, 4.69) is 21.8 Å². The van der Waals surface area contributed by atoms with Crippen LogP contribution in [0.3, 0.4) is 0 Å². The molecule has 0 spiro atoms. The van der Waals surface area contributed by atoms with E-state index in [0.29, 0.717) is 12.0 Å². The van der Waals surface area contributed by atoms with Crippen LogP contribution in [0, 0.1) is 0 Å². The number of rotatable bonds is 4. The van der Waals surface area contributed by atoms with Crippen LogP contribution in [0.4, 0.5) is 0 Å². The second kappa shape index (κ2) is 4.98. The summed E-state index contributed by atoms with van der Waals surface area (Å²) in [6.07, 6.45) is 7.81. The first kappa shape index (κ1) is 11.5. The van der Waals surface area contributed by atoms with Gasteiger partial charge in [0, 0.05) is 36.8 Å². The van der Waals surface area contributed by atoms with Gasteiger partial charge >= 0.3 is 0 Å². The van der Waals surface area contributed by atoms with Crippen LogP contribution in [0.1, 0.15) is 36.8 Å². The van der Waals surface area contributed by atoms with Crippen molar-refractivity contribution in [3.8, 4) is 0 Å². The van der Waals surface area contributed by atoms with Crippen LogP contribution in [0.25, 0.3) is 0 Å². The van der Waals surface area contributed by atoms with E-state index in [0.717, 1.165) is 25.3 Å². The Labute approximate surface area is 107 Å². The topological polar surface area (TPSA) is 43.0 Å². The Morgan fingerprint density at radius 2 is 2.56 bits per heavy atom. The van der Waals surface area contributed by atoms with Crippen LogP contribution in [0.2, 0.25) is 0 Å². The van der Waals surface area contributed by atoms with Crippen LogP contribution in [0.15, 0.2) is 35.3 Å². The molecule has 2 aromatic rings. The first-order valence-electron chi connectivity index (χ1n) is 6.59. The van der Waals surface area contributed by atoms with Crippen molar-refractivity contribution in [2.45, 2.75) is 31.7 Å². The lowest BCUT2D eigenvalue weighted by molar-refractivity contribution is 0.437. The molecular weight excluding hydrogens is 226 g/mol. The van der Waals surface area contributed by atoms with Gasteiger partial charge in [0.2, 0.25) is 0 Å². The van der Waals surface area contributed by atoms with Gasteiger partial charge < -0.3 is 14.3 Å². The minimum Gasteiger partial charge on any atom is -0.469 e. The molecule has 0 aliphatic carbocycles. The predicted molar refractivity (Wildman–Crippen MR) is 69.6 cm³/mol. The van der Waals surface area contributed by atoms with Gasteiger partial charge in [-0.25, -0.2) is 4.98 Å². The largest absolute Gasteiger partial charge is 0.469 e. The molecular formula is C14H19N3O. The SMILES string of the molecule is CC(Cc1ccco1)n1cncc1C1CCNC1. The van der Waals surface area contributed by atoms with Crippen LogP contribution in [0.5, 0.6) is 0 Å². The molecule has 1 aliphatic heterocycles. The van der Waals surface area contributed by atoms with E-state index in [-0.39, 0.29) is 0 Å². The normalized spacial score (nSPS) is 21.3. The molecule has 2 aromatic heterocycles. The summed E-state index contributed by atoms with van der Waals surface area (Å²) in [6, 6.07) is 4.36. The van der Waals surface area contributed by atoms with Crippen LogP contribution in [-0.4, -0.2) is 22.6 Å². The van der Waals surface area contributed by atoms with Gasteiger partial charge in [-0.3, -0.25) is 0 Å². The third kappa shape index (κ3) is 2.20. The van der Waals surface area contributed by atoms with Crippen LogP contribution in [-0.2, 0) is 6.42 Å². The summed E-state index contributed by atoms with van der Waals surface area (Å²) < 4.78 is 7.71. The van der Waals surface area contributed by atoms with Gasteiger partial charge in [-0.2, -0.15) is 0 Å². The fourth-order valence-corrected chi connectivity index (χ4v) is 2.72. The maximum absolute atomic E-state index is 5.42. The molecule has 4 nitrogen and oxygen atoms in total. The van der Waals surface area contributed by atoms with E-state index < -0.39 is 0 Å². The molecule has 2 unspecified atom stereocenters. The Balaban J connectivity index is 1.77. The lowest BCUT2D eigenvalue weighted by Gasteiger charge is -2.18. The summed E-state index contributed by atoms with van der Waals surface area (Å²) in [4.78, 5) is 4.32. The van der Waals surface area contributed by atoms with Crippen molar-refractivity contribution in [2.24, 2.45) is 0 Å². The third-order valence-electron chi connectivity index (χ3n) is 3.73. The molecule has 2 atom stereocenters. The predicted octanol–water partition coefficient (Wildman–Crippen LogP) is 2.36. The molecule has 18 heavy (non-hydrogen) atoms. The molecule has 1 aliphatic rings. The van der Waals surface area contributed by atoms with Gasteiger partial charge in [-0.15, -0.1) is 0 Å². The van der Waals surface area contributed by atoms with E-state index in [1.54, 1.807) is 6.26 Å². The number of nitrogens with one attached hydrogen (secondary N) is 1. The van der Waals surface area contributed by atoms with Crippen molar-refractivity contribution < 1.29 is 4.42 Å². The number of furan rings is 1. The summed E-state index contributed by atoms with van der Waals surface area (Å²) in [5.41, 5.74) is 1.35. The molecule has 3 rings (SSSR count). The smallest absolute Gasteiger partial charge is 0.105 e. The van der Waals surface area contributed by atoms with E-state index in [9.17, 15) is 0 Å². The zero-order valence-electron chi connectivity index (χ0n) is 10.7. The fraction of sp³-hybridized carbons (Fsp3) is 0.500. The Bertz CT molecular complexity index is 483. The monoisotopic (exact) mass is 245 g/mol. The molecule has 0 saturated carbocycles. The Kier molecular flexibility index (Phi) is 3.19. The minimum atomic E-state index is 0.384. The summed E-state index contributed by atoms with van der Waals surface area (Å²) in [5, 5.41) is 3.41. The maximum Gasteiger partial charge on any atom is 0.105 e. The van der Waals surface area contributed by atoms with Gasteiger partial charge in [0.25, 0.3) is 0 Å². The van der Waals surface area contributed by atoms with Crippen molar-refractivity contribution in [3.63, 3.8) is 0 Å². The molecule has 0 radical (unpaired) electrons. The second-order valence-electron chi connectivity index (χ2n) is 5.05. The molecule has 0 amide bonds. The number of hydrogen-bond acceptors (Lipinski definition) is 3. The maximum atomic E-state index is 5.42. The molecule has 4 heteroatoms. The van der Waals surface area contributed by atoms with Gasteiger partial charge in [-0.1, -0.05) is 0 Å². The van der Waals surface area contributed by atoms with E-state index in [4.69, 9.17) is 4.42 Å². The van der Waals surface area contributed by atoms with Gasteiger partial charge in [0.15, 0.2) is 0 Å². The minimum absolute atomic E-state index is 0.384. The number of aromatic nitrogens is 2. The Hall–Kier alpha value is -1.55. The van der Waals surface area contributed by atoms with E-state index in [1.807, 2.05) is 24.7 Å². The molecule has 0 aromatic carbocycles. The van der Waals surface area contributed by atoms with Crippen molar-refractivity contribution in [1.82, 2.24) is 14.9 Å². The lowest BCUT2D eigenvalue weighted by atomic mass is 10.0. The highest BCUT2D eigenvalue weighted by Crippen LogP contribution is 2.25. The first-order chi connectivity index (χ1) is 8.84. The summed E-state index contributed by atoms with van der Waals surface area (Å²) in [6.45, 7) is 4.40. The molecule has 0 bridgehead atoms. The highest BCUT2D eigenvalue weighted by atomic mass is 16.3. The van der Waals surface area contributed by atoms with E-state index >= 15 is 0 Å². The molecule has 1 fully saturated rings. The lowest BCUT2D eigenvalue weighted by Crippen LogP contribution is -2.15. The standard InChI is InChI=1S/C14H19N3O/c1-11(7-13-3-2-6-18-13)17-10-16-9-14(17)12-4-5-15-8-12/h2-3,6,9-12,15H,4-5,7-8H2,1H3. The number of hydrogen-bond donors (Lipinski definition) is 1. The average molecular weight is 245 g/mol. The van der Waals surface area contributed by atoms with Crippen molar-refractivity contribution in [1.29, 1.82) is 0 Å².